The summed E-state index contributed by atoms with van der Waals surface area (Å²) in [5, 5.41) is 4.01. The highest BCUT2D eigenvalue weighted by Crippen LogP contribution is 2.20. The molecule has 4 heterocycles. The fourth-order valence-electron chi connectivity index (χ4n) is 2.88. The lowest BCUT2D eigenvalue weighted by atomic mass is 10.1. The van der Waals surface area contributed by atoms with Crippen molar-refractivity contribution in [2.75, 3.05) is 13.2 Å². The van der Waals surface area contributed by atoms with Gasteiger partial charge in [-0.05, 0) is 18.9 Å². The second-order valence-corrected chi connectivity index (χ2v) is 5.57. The minimum Gasteiger partial charge on any atom is -0.381 e. The summed E-state index contributed by atoms with van der Waals surface area (Å²) in [7, 11) is 0. The Labute approximate surface area is 126 Å². The number of nitrogens with one attached hydrogen (secondary N) is 3. The van der Waals surface area contributed by atoms with Gasteiger partial charge in [-0.2, -0.15) is 0 Å². The number of imidazole rings is 1. The molecule has 4 rings (SSSR count). The smallest absolute Gasteiger partial charge is 0.227 e. The number of pyridine rings is 1. The van der Waals surface area contributed by atoms with Gasteiger partial charge in [-0.1, -0.05) is 0 Å². The standard InChI is InChI=1S/C15H17N5O2/c21-13(18-9-2-5-22-6-3-9)7-12-19-11-8-17-15-10(1-4-16-15)14(11)20-12/h1,4,8-9H,2-3,5-7H2,(H,16,17)(H,18,21)(H,19,20). The van der Waals surface area contributed by atoms with E-state index < -0.39 is 0 Å². The molecule has 7 heteroatoms. The lowest BCUT2D eigenvalue weighted by Crippen LogP contribution is -2.39. The molecule has 0 saturated carbocycles. The number of aromatic amines is 2. The lowest BCUT2D eigenvalue weighted by Gasteiger charge is -2.22. The Bertz CT molecular complexity index is 816. The van der Waals surface area contributed by atoms with Crippen molar-refractivity contribution < 1.29 is 9.53 Å². The molecular formula is C15H17N5O2. The van der Waals surface area contributed by atoms with Gasteiger partial charge in [-0.25, -0.2) is 9.97 Å². The van der Waals surface area contributed by atoms with E-state index in [-0.39, 0.29) is 18.4 Å². The summed E-state index contributed by atoms with van der Waals surface area (Å²) in [6, 6.07) is 2.15. The van der Waals surface area contributed by atoms with E-state index in [1.54, 1.807) is 6.20 Å². The van der Waals surface area contributed by atoms with Crippen molar-refractivity contribution in [3.8, 4) is 0 Å². The van der Waals surface area contributed by atoms with Gasteiger partial charge in [0.05, 0.1) is 18.1 Å². The molecular weight excluding hydrogens is 282 g/mol. The Morgan fingerprint density at radius 1 is 1.41 bits per heavy atom. The molecule has 0 unspecified atom stereocenters. The molecule has 22 heavy (non-hydrogen) atoms. The van der Waals surface area contributed by atoms with Crippen LogP contribution in [-0.4, -0.2) is 45.1 Å². The molecule has 1 fully saturated rings. The van der Waals surface area contributed by atoms with E-state index in [4.69, 9.17) is 4.74 Å². The van der Waals surface area contributed by atoms with E-state index >= 15 is 0 Å². The van der Waals surface area contributed by atoms with Gasteiger partial charge >= 0.3 is 0 Å². The minimum absolute atomic E-state index is 0.00997. The van der Waals surface area contributed by atoms with Gasteiger partial charge in [0.25, 0.3) is 0 Å². The van der Waals surface area contributed by atoms with Crippen LogP contribution in [0.3, 0.4) is 0 Å². The van der Waals surface area contributed by atoms with Crippen molar-refractivity contribution in [1.82, 2.24) is 25.3 Å². The normalized spacial score (nSPS) is 16.4. The van der Waals surface area contributed by atoms with Gasteiger partial charge in [-0.15, -0.1) is 0 Å². The van der Waals surface area contributed by atoms with Gasteiger partial charge in [0.2, 0.25) is 5.91 Å². The van der Waals surface area contributed by atoms with Gasteiger partial charge in [0.15, 0.2) is 0 Å². The zero-order chi connectivity index (χ0) is 14.9. The zero-order valence-electron chi connectivity index (χ0n) is 12.1. The number of hydrogen-bond acceptors (Lipinski definition) is 4. The van der Waals surface area contributed by atoms with Crippen LogP contribution in [0, 0.1) is 0 Å². The van der Waals surface area contributed by atoms with E-state index in [1.807, 2.05) is 12.3 Å². The molecule has 0 atom stereocenters. The first-order valence-corrected chi connectivity index (χ1v) is 7.47. The highest BCUT2D eigenvalue weighted by atomic mass is 16.5. The molecule has 7 nitrogen and oxygen atoms in total. The Morgan fingerprint density at radius 3 is 3.14 bits per heavy atom. The summed E-state index contributed by atoms with van der Waals surface area (Å²) in [5.74, 6) is 0.652. The average Bonchev–Trinajstić information content (AvgIpc) is 3.12. The van der Waals surface area contributed by atoms with Crippen molar-refractivity contribution in [1.29, 1.82) is 0 Å². The third-order valence-corrected chi connectivity index (χ3v) is 4.00. The molecule has 0 spiro atoms. The number of ether oxygens (including phenoxy) is 1. The fourth-order valence-corrected chi connectivity index (χ4v) is 2.88. The molecule has 0 aliphatic carbocycles. The maximum Gasteiger partial charge on any atom is 0.227 e. The topological polar surface area (TPSA) is 95.7 Å². The molecule has 114 valence electrons. The van der Waals surface area contributed by atoms with Crippen molar-refractivity contribution in [2.45, 2.75) is 25.3 Å². The Kier molecular flexibility index (Phi) is 3.27. The van der Waals surface area contributed by atoms with Crippen LogP contribution in [0.2, 0.25) is 0 Å². The van der Waals surface area contributed by atoms with Gasteiger partial charge in [0.1, 0.15) is 17.0 Å². The Balaban J connectivity index is 1.52. The van der Waals surface area contributed by atoms with Gasteiger partial charge in [-0.3, -0.25) is 4.79 Å². The van der Waals surface area contributed by atoms with E-state index in [2.05, 4.69) is 25.3 Å². The van der Waals surface area contributed by atoms with Crippen molar-refractivity contribution in [3.63, 3.8) is 0 Å². The number of fused-ring (bicyclic) bond motifs is 3. The van der Waals surface area contributed by atoms with E-state index in [0.29, 0.717) is 19.0 Å². The van der Waals surface area contributed by atoms with Gasteiger partial charge in [0, 0.05) is 30.8 Å². The number of carbonyl (C=O) groups is 1. The fraction of sp³-hybridized carbons (Fsp3) is 0.400. The summed E-state index contributed by atoms with van der Waals surface area (Å²) < 4.78 is 5.29. The van der Waals surface area contributed by atoms with Crippen LogP contribution >= 0.6 is 0 Å². The molecule has 1 saturated heterocycles. The molecule has 3 N–H and O–H groups in total. The van der Waals surface area contributed by atoms with E-state index in [1.165, 1.54) is 0 Å². The maximum absolute atomic E-state index is 12.1. The first-order valence-electron chi connectivity index (χ1n) is 7.47. The molecule has 0 aromatic carbocycles. The Hall–Kier alpha value is -2.41. The van der Waals surface area contributed by atoms with Crippen LogP contribution in [0.1, 0.15) is 18.7 Å². The maximum atomic E-state index is 12.1. The number of H-pyrrole nitrogens is 2. The quantitative estimate of drug-likeness (QED) is 0.679. The lowest BCUT2D eigenvalue weighted by molar-refractivity contribution is -0.121. The number of rotatable bonds is 3. The largest absolute Gasteiger partial charge is 0.381 e. The molecule has 1 aliphatic rings. The Morgan fingerprint density at radius 2 is 2.27 bits per heavy atom. The predicted molar refractivity (Wildman–Crippen MR) is 81.4 cm³/mol. The monoisotopic (exact) mass is 299 g/mol. The van der Waals surface area contributed by atoms with Gasteiger partial charge < -0.3 is 20.0 Å². The summed E-state index contributed by atoms with van der Waals surface area (Å²) in [6.45, 7) is 1.43. The third kappa shape index (κ3) is 2.43. The first-order chi connectivity index (χ1) is 10.8. The molecule has 3 aromatic rings. The van der Waals surface area contributed by atoms with E-state index in [0.717, 1.165) is 34.9 Å². The molecule has 1 aliphatic heterocycles. The van der Waals surface area contributed by atoms with Crippen molar-refractivity contribution in [2.24, 2.45) is 0 Å². The molecule has 1 amide bonds. The first kappa shape index (κ1) is 13.3. The number of aromatic nitrogens is 4. The summed E-state index contributed by atoms with van der Waals surface area (Å²) >= 11 is 0. The van der Waals surface area contributed by atoms with Crippen LogP contribution in [0.25, 0.3) is 22.1 Å². The predicted octanol–water partition coefficient (Wildman–Crippen LogP) is 1.28. The second-order valence-electron chi connectivity index (χ2n) is 5.57. The van der Waals surface area contributed by atoms with Crippen LogP contribution in [0.4, 0.5) is 0 Å². The van der Waals surface area contributed by atoms with Crippen LogP contribution in [-0.2, 0) is 16.0 Å². The summed E-state index contributed by atoms with van der Waals surface area (Å²) in [5.41, 5.74) is 2.50. The van der Waals surface area contributed by atoms with Crippen LogP contribution in [0.5, 0.6) is 0 Å². The zero-order valence-corrected chi connectivity index (χ0v) is 12.1. The van der Waals surface area contributed by atoms with E-state index in [9.17, 15) is 4.79 Å². The third-order valence-electron chi connectivity index (χ3n) is 4.00. The number of nitrogens with zero attached hydrogens (tertiary/aromatic N) is 2. The average molecular weight is 299 g/mol. The van der Waals surface area contributed by atoms with Crippen LogP contribution in [0.15, 0.2) is 18.5 Å². The van der Waals surface area contributed by atoms with Crippen molar-refractivity contribution in [3.05, 3.63) is 24.3 Å². The number of hydrogen-bond donors (Lipinski definition) is 3. The minimum atomic E-state index is -0.00997. The highest BCUT2D eigenvalue weighted by Gasteiger charge is 2.17. The van der Waals surface area contributed by atoms with Crippen molar-refractivity contribution >= 4 is 28.0 Å². The van der Waals surface area contributed by atoms with Crippen LogP contribution < -0.4 is 5.32 Å². The number of amides is 1. The molecule has 0 radical (unpaired) electrons. The summed E-state index contributed by atoms with van der Waals surface area (Å²) in [6.07, 6.45) is 5.57. The summed E-state index contributed by atoms with van der Waals surface area (Å²) in [4.78, 5) is 27.2. The number of carbonyl (C=O) groups excluding carboxylic acids is 1. The molecule has 0 bridgehead atoms. The molecule has 3 aromatic heterocycles. The highest BCUT2D eigenvalue weighted by molar-refractivity contribution is 6.00. The SMILES string of the molecule is O=C(Cc1nc2c(cnc3[nH]ccc32)[nH]1)NC1CCOCC1. The second kappa shape index (κ2) is 5.42.